The van der Waals surface area contributed by atoms with E-state index >= 15 is 0 Å². The fourth-order valence-corrected chi connectivity index (χ4v) is 2.86. The lowest BCUT2D eigenvalue weighted by Gasteiger charge is -2.22. The van der Waals surface area contributed by atoms with Crippen LogP contribution in [-0.2, 0) is 20.0 Å². The van der Waals surface area contributed by atoms with Gasteiger partial charge in [-0.05, 0) is 43.2 Å². The number of aryl methyl sites for hydroxylation is 1. The zero-order chi connectivity index (χ0) is 19.8. The summed E-state index contributed by atoms with van der Waals surface area (Å²) in [6, 6.07) is 12.0. The molecule has 0 aliphatic rings. The Morgan fingerprint density at radius 2 is 1.93 bits per heavy atom. The van der Waals surface area contributed by atoms with Crippen LogP contribution in [0.5, 0.6) is 0 Å². The van der Waals surface area contributed by atoms with Crippen LogP contribution in [0.4, 0.5) is 0 Å². The van der Waals surface area contributed by atoms with Crippen molar-refractivity contribution < 1.29 is 4.79 Å². The number of nitrogens with one attached hydrogen (secondary N) is 1. The molecule has 0 saturated carbocycles. The minimum Gasteiger partial charge on any atom is -0.357 e. The van der Waals surface area contributed by atoms with Gasteiger partial charge in [0.05, 0.1) is 6.54 Å². The Morgan fingerprint density at radius 3 is 2.54 bits per heavy atom. The van der Waals surface area contributed by atoms with E-state index < -0.39 is 0 Å². The van der Waals surface area contributed by atoms with Gasteiger partial charge < -0.3 is 19.7 Å². The Kier molecular flexibility index (Phi) is 10.1. The number of carbonyl (C=O) groups is 1. The Balaban J connectivity index is 0.00000392. The molecule has 6 nitrogen and oxygen atoms in total. The summed E-state index contributed by atoms with van der Waals surface area (Å²) in [4.78, 5) is 20.6. The molecule has 154 valence electrons. The lowest BCUT2D eigenvalue weighted by molar-refractivity contribution is 0.0827. The molecule has 0 radical (unpaired) electrons. The first-order chi connectivity index (χ1) is 12.9. The van der Waals surface area contributed by atoms with Crippen molar-refractivity contribution in [3.8, 4) is 0 Å². The number of aliphatic imine (C=N–C) groups is 1. The summed E-state index contributed by atoms with van der Waals surface area (Å²) in [7, 11) is 7.63. The number of guanidine groups is 1. The maximum absolute atomic E-state index is 12.1. The van der Waals surface area contributed by atoms with E-state index in [1.54, 1.807) is 19.0 Å². The molecule has 0 saturated heterocycles. The SMILES string of the molecule is CCNC(=NCCc1cccc(C(=O)N(C)C)c1)N(C)Cc1cccn1C.I. The van der Waals surface area contributed by atoms with Crippen LogP contribution in [0, 0.1) is 0 Å². The third kappa shape index (κ3) is 6.85. The first-order valence-electron chi connectivity index (χ1n) is 9.32. The molecule has 28 heavy (non-hydrogen) atoms. The molecule has 0 bridgehead atoms. The van der Waals surface area contributed by atoms with Crippen molar-refractivity contribution in [2.75, 3.05) is 34.2 Å². The monoisotopic (exact) mass is 497 g/mol. The molecule has 1 N–H and O–H groups in total. The van der Waals surface area contributed by atoms with Gasteiger partial charge in [-0.25, -0.2) is 0 Å². The van der Waals surface area contributed by atoms with Crippen LogP contribution in [-0.4, -0.2) is 60.5 Å². The van der Waals surface area contributed by atoms with E-state index in [4.69, 9.17) is 4.99 Å². The van der Waals surface area contributed by atoms with Gasteiger partial charge in [0, 0.05) is 58.7 Å². The number of carbonyl (C=O) groups excluding carboxylic acids is 1. The molecule has 0 aliphatic heterocycles. The number of benzene rings is 1. The fourth-order valence-electron chi connectivity index (χ4n) is 2.86. The molecule has 0 aliphatic carbocycles. The molecular weight excluding hydrogens is 465 g/mol. The minimum absolute atomic E-state index is 0. The second-order valence-electron chi connectivity index (χ2n) is 6.85. The standard InChI is InChI=1S/C21H31N5O.HI/c1-6-22-21(26(5)16-19-11-8-14-25(19)4)23-13-12-17-9-7-10-18(15-17)20(27)24(2)3;/h7-11,14-15H,6,12-13,16H2,1-5H3,(H,22,23);1H. The summed E-state index contributed by atoms with van der Waals surface area (Å²) < 4.78 is 2.12. The van der Waals surface area contributed by atoms with Crippen molar-refractivity contribution in [1.82, 2.24) is 19.7 Å². The third-order valence-electron chi connectivity index (χ3n) is 4.39. The molecule has 7 heteroatoms. The normalized spacial score (nSPS) is 11.0. The topological polar surface area (TPSA) is 52.9 Å². The lowest BCUT2D eigenvalue weighted by atomic mass is 10.1. The first-order valence-corrected chi connectivity index (χ1v) is 9.32. The van der Waals surface area contributed by atoms with E-state index in [9.17, 15) is 4.79 Å². The molecule has 2 rings (SSSR count). The van der Waals surface area contributed by atoms with Gasteiger partial charge >= 0.3 is 0 Å². The van der Waals surface area contributed by atoms with E-state index in [1.807, 2.05) is 31.3 Å². The van der Waals surface area contributed by atoms with Crippen molar-refractivity contribution in [2.45, 2.75) is 19.9 Å². The minimum atomic E-state index is 0. The molecule has 0 atom stereocenters. The second kappa shape index (κ2) is 11.7. The van der Waals surface area contributed by atoms with Gasteiger partial charge in [0.1, 0.15) is 0 Å². The lowest BCUT2D eigenvalue weighted by Crippen LogP contribution is -2.39. The number of nitrogens with zero attached hydrogens (tertiary/aromatic N) is 4. The van der Waals surface area contributed by atoms with E-state index in [0.717, 1.165) is 31.0 Å². The second-order valence-corrected chi connectivity index (χ2v) is 6.85. The van der Waals surface area contributed by atoms with Crippen LogP contribution in [0.3, 0.4) is 0 Å². The van der Waals surface area contributed by atoms with Gasteiger partial charge in [0.25, 0.3) is 5.91 Å². The smallest absolute Gasteiger partial charge is 0.253 e. The van der Waals surface area contributed by atoms with E-state index in [2.05, 4.69) is 47.1 Å². The molecule has 1 aromatic heterocycles. The number of hydrogen-bond acceptors (Lipinski definition) is 2. The van der Waals surface area contributed by atoms with Crippen molar-refractivity contribution in [1.29, 1.82) is 0 Å². The molecule has 0 spiro atoms. The Morgan fingerprint density at radius 1 is 1.18 bits per heavy atom. The number of amides is 1. The highest BCUT2D eigenvalue weighted by molar-refractivity contribution is 14.0. The third-order valence-corrected chi connectivity index (χ3v) is 4.39. The highest BCUT2D eigenvalue weighted by Gasteiger charge is 2.10. The number of hydrogen-bond donors (Lipinski definition) is 1. The molecule has 0 fully saturated rings. The van der Waals surface area contributed by atoms with Gasteiger partial charge in [-0.3, -0.25) is 9.79 Å². The van der Waals surface area contributed by atoms with E-state index in [1.165, 1.54) is 5.69 Å². The van der Waals surface area contributed by atoms with Gasteiger partial charge in [-0.2, -0.15) is 0 Å². The zero-order valence-electron chi connectivity index (χ0n) is 17.5. The van der Waals surface area contributed by atoms with Crippen LogP contribution in [0.1, 0.15) is 28.5 Å². The molecule has 1 amide bonds. The quantitative estimate of drug-likeness (QED) is 0.364. The van der Waals surface area contributed by atoms with E-state index in [0.29, 0.717) is 12.1 Å². The summed E-state index contributed by atoms with van der Waals surface area (Å²) >= 11 is 0. The van der Waals surface area contributed by atoms with Crippen molar-refractivity contribution in [3.63, 3.8) is 0 Å². The first kappa shape index (κ1) is 24.0. The average molecular weight is 497 g/mol. The van der Waals surface area contributed by atoms with Crippen molar-refractivity contribution >= 4 is 35.8 Å². The number of aromatic nitrogens is 1. The Hall–Kier alpha value is -2.03. The van der Waals surface area contributed by atoms with Gasteiger partial charge in [-0.15, -0.1) is 24.0 Å². The maximum Gasteiger partial charge on any atom is 0.253 e. The van der Waals surface area contributed by atoms with Crippen LogP contribution in [0.25, 0.3) is 0 Å². The van der Waals surface area contributed by atoms with Crippen molar-refractivity contribution in [2.24, 2.45) is 12.0 Å². The number of rotatable bonds is 7. The van der Waals surface area contributed by atoms with Crippen LogP contribution in [0.2, 0.25) is 0 Å². The molecular formula is C21H32IN5O. The van der Waals surface area contributed by atoms with Gasteiger partial charge in [0.15, 0.2) is 5.96 Å². The van der Waals surface area contributed by atoms with Crippen LogP contribution >= 0.6 is 24.0 Å². The van der Waals surface area contributed by atoms with Crippen LogP contribution < -0.4 is 5.32 Å². The molecule has 1 heterocycles. The fraction of sp³-hybridized carbons (Fsp3) is 0.429. The highest BCUT2D eigenvalue weighted by Crippen LogP contribution is 2.09. The van der Waals surface area contributed by atoms with Crippen molar-refractivity contribution in [3.05, 3.63) is 59.4 Å². The summed E-state index contributed by atoms with van der Waals surface area (Å²) in [5.74, 6) is 0.912. The molecule has 2 aromatic rings. The maximum atomic E-state index is 12.1. The zero-order valence-corrected chi connectivity index (χ0v) is 19.8. The summed E-state index contributed by atoms with van der Waals surface area (Å²) in [5, 5.41) is 3.35. The molecule has 0 unspecified atom stereocenters. The summed E-state index contributed by atoms with van der Waals surface area (Å²) in [6.45, 7) is 4.35. The Labute approximate surface area is 185 Å². The van der Waals surface area contributed by atoms with E-state index in [-0.39, 0.29) is 29.9 Å². The predicted molar refractivity (Wildman–Crippen MR) is 126 cm³/mol. The average Bonchev–Trinajstić information content (AvgIpc) is 3.05. The number of halogens is 1. The highest BCUT2D eigenvalue weighted by atomic mass is 127. The van der Waals surface area contributed by atoms with Gasteiger partial charge in [-0.1, -0.05) is 12.1 Å². The Bertz CT molecular complexity index is 785. The van der Waals surface area contributed by atoms with Gasteiger partial charge in [0.2, 0.25) is 0 Å². The predicted octanol–water partition coefficient (Wildman–Crippen LogP) is 2.98. The molecule has 1 aromatic carbocycles. The largest absolute Gasteiger partial charge is 0.357 e. The van der Waals surface area contributed by atoms with Crippen LogP contribution in [0.15, 0.2) is 47.6 Å². The summed E-state index contributed by atoms with van der Waals surface area (Å²) in [5.41, 5.74) is 3.07. The summed E-state index contributed by atoms with van der Waals surface area (Å²) in [6.07, 6.45) is 2.84.